The minimum absolute atomic E-state index is 0.0954. The maximum Gasteiger partial charge on any atom is 0.273 e. The Morgan fingerprint density at radius 2 is 1.28 bits per heavy atom. The van der Waals surface area contributed by atoms with Gasteiger partial charge in [0.1, 0.15) is 0 Å². The van der Waals surface area contributed by atoms with Crippen molar-refractivity contribution in [1.29, 1.82) is 0 Å². The summed E-state index contributed by atoms with van der Waals surface area (Å²) in [5, 5.41) is 2.56. The van der Waals surface area contributed by atoms with Crippen LogP contribution in [0.25, 0.3) is 60.8 Å². The molecule has 71 heavy (non-hydrogen) atoms. The topological polar surface area (TPSA) is 142 Å². The van der Waals surface area contributed by atoms with Crippen molar-refractivity contribution < 1.29 is 0 Å². The van der Waals surface area contributed by atoms with Gasteiger partial charge in [-0.05, 0) is 116 Å². The van der Waals surface area contributed by atoms with E-state index >= 15 is 0 Å². The number of benzene rings is 1. The van der Waals surface area contributed by atoms with Gasteiger partial charge < -0.3 is 13.2 Å². The predicted molar refractivity (Wildman–Crippen MR) is 283 cm³/mol. The van der Waals surface area contributed by atoms with Crippen LogP contribution in [0.3, 0.4) is 0 Å². The van der Waals surface area contributed by atoms with Gasteiger partial charge in [0.05, 0.1) is 16.6 Å². The molecule has 3 unspecified atom stereocenters. The van der Waals surface area contributed by atoms with Crippen LogP contribution in [0.2, 0.25) is 0 Å². The highest BCUT2D eigenvalue weighted by atomic mass is 16.1. The number of fused-ring (bicyclic) bond motifs is 9. The van der Waals surface area contributed by atoms with E-state index in [1.165, 1.54) is 5.56 Å². The first-order valence-electron chi connectivity index (χ1n) is 25.1. The molecule has 0 amide bonds. The number of aromatic nitrogens is 9. The molecule has 0 N–H and O–H groups in total. The molecule has 11 rings (SSSR count). The summed E-state index contributed by atoms with van der Waals surface area (Å²) in [6.07, 6.45) is 13.2. The molecule has 10 aromatic rings. The van der Waals surface area contributed by atoms with Gasteiger partial charge in [-0.1, -0.05) is 79.7 Å². The van der Waals surface area contributed by atoms with Gasteiger partial charge in [0.2, 0.25) is 0 Å². The second-order valence-electron chi connectivity index (χ2n) is 22.0. The number of rotatable bonds is 10. The van der Waals surface area contributed by atoms with E-state index in [0.717, 1.165) is 104 Å². The van der Waals surface area contributed by atoms with Gasteiger partial charge in [0.25, 0.3) is 16.7 Å². The second kappa shape index (κ2) is 17.4. The van der Waals surface area contributed by atoms with Gasteiger partial charge in [-0.3, -0.25) is 29.3 Å². The van der Waals surface area contributed by atoms with Gasteiger partial charge >= 0.3 is 0 Å². The van der Waals surface area contributed by atoms with E-state index in [2.05, 4.69) is 128 Å². The summed E-state index contributed by atoms with van der Waals surface area (Å²) in [6, 6.07) is 30.0. The number of hydrogen-bond donors (Lipinski definition) is 0. The molecule has 0 radical (unpaired) electrons. The normalized spacial score (nSPS) is 16.1. The standard InChI is InChI=1S/C59H59N9O3/c1-34(2)47-31-52(70)64-55-42-17-19-50(62-46(42)21-25-66(47)55)59(7,8)23-20-35(3)27-40-30-51(69)63-57-43-13-10-24-60-54(43)44(33-68(40)57)38-12-9-11-36(28-38)37-14-15-39(29-37)48-32-53(71)65-56-41-16-18-49(58(4,5)6)61-45(41)22-26-67(48)56/h9-13,16-19,21-22,24-26,28,30-35,37,39H,14-15,20,23,27,29H2,1-8H3. The van der Waals surface area contributed by atoms with Crippen molar-refractivity contribution in [3.8, 4) is 11.1 Å². The van der Waals surface area contributed by atoms with Crippen LogP contribution in [0.15, 0.2) is 130 Å². The zero-order chi connectivity index (χ0) is 49.5. The van der Waals surface area contributed by atoms with Gasteiger partial charge in [-0.15, -0.1) is 0 Å². The molecule has 1 aliphatic carbocycles. The van der Waals surface area contributed by atoms with E-state index in [-0.39, 0.29) is 45.3 Å². The lowest BCUT2D eigenvalue weighted by molar-refractivity contribution is 0.390. The molecular formula is C59H59N9O3. The van der Waals surface area contributed by atoms with Gasteiger partial charge in [0, 0.05) is 110 Å². The van der Waals surface area contributed by atoms with Crippen molar-refractivity contribution in [1.82, 2.24) is 43.1 Å². The van der Waals surface area contributed by atoms with Crippen LogP contribution >= 0.6 is 0 Å². The Labute approximate surface area is 411 Å². The molecular weight excluding hydrogens is 883 g/mol. The van der Waals surface area contributed by atoms with E-state index in [1.54, 1.807) is 24.4 Å². The number of pyridine rings is 6. The largest absolute Gasteiger partial charge is 0.304 e. The number of hydrogen-bond acceptors (Lipinski definition) is 9. The monoisotopic (exact) mass is 941 g/mol. The van der Waals surface area contributed by atoms with Crippen LogP contribution < -0.4 is 16.7 Å². The van der Waals surface area contributed by atoms with Crippen molar-refractivity contribution in [3.63, 3.8) is 0 Å². The molecule has 0 bridgehead atoms. The Kier molecular flexibility index (Phi) is 11.3. The fourth-order valence-electron chi connectivity index (χ4n) is 11.1. The zero-order valence-corrected chi connectivity index (χ0v) is 41.8. The van der Waals surface area contributed by atoms with E-state index in [4.69, 9.17) is 15.0 Å². The highest BCUT2D eigenvalue weighted by molar-refractivity contribution is 6.00. The summed E-state index contributed by atoms with van der Waals surface area (Å²) in [7, 11) is 0. The maximum absolute atomic E-state index is 13.4. The molecule has 12 nitrogen and oxygen atoms in total. The smallest absolute Gasteiger partial charge is 0.273 e. The number of nitrogens with zero attached hydrogens (tertiary/aromatic N) is 9. The van der Waals surface area contributed by atoms with Crippen molar-refractivity contribution in [3.05, 3.63) is 181 Å². The van der Waals surface area contributed by atoms with Gasteiger partial charge in [-0.25, -0.2) is 0 Å². The lowest BCUT2D eigenvalue weighted by atomic mass is 9.81. The van der Waals surface area contributed by atoms with Crippen LogP contribution in [0.1, 0.15) is 139 Å². The fourth-order valence-corrected chi connectivity index (χ4v) is 11.1. The van der Waals surface area contributed by atoms with Gasteiger partial charge in [-0.2, -0.15) is 15.0 Å². The second-order valence-corrected chi connectivity index (χ2v) is 22.0. The molecule has 9 heterocycles. The van der Waals surface area contributed by atoms with E-state index in [1.807, 2.05) is 47.1 Å². The first kappa shape index (κ1) is 45.9. The molecule has 9 aromatic heterocycles. The van der Waals surface area contributed by atoms with E-state index in [9.17, 15) is 14.4 Å². The Morgan fingerprint density at radius 1 is 0.634 bits per heavy atom. The van der Waals surface area contributed by atoms with Crippen molar-refractivity contribution in [2.75, 3.05) is 0 Å². The Hall–Kier alpha value is -7.47. The van der Waals surface area contributed by atoms with E-state index < -0.39 is 0 Å². The maximum atomic E-state index is 13.4. The Bertz CT molecular complexity index is 3960. The summed E-state index contributed by atoms with van der Waals surface area (Å²) in [5.41, 5.74) is 11.3. The SMILES string of the molecule is CC(CCC(C)(C)c1ccc2c(ccn3c(C(C)C)cc(=O)nc23)n1)Cc1cc(=O)nc2c3cccnc3c(-c3cccc(C4CCC(c5cc(=O)nc6c7ccc(C(C)(C)C)nc7ccn56)C4)c3)cn12. The molecule has 0 aliphatic heterocycles. The van der Waals surface area contributed by atoms with Crippen LogP contribution in [0.5, 0.6) is 0 Å². The summed E-state index contributed by atoms with van der Waals surface area (Å²) in [6.45, 7) is 17.3. The summed E-state index contributed by atoms with van der Waals surface area (Å²) < 4.78 is 6.21. The predicted octanol–water partition coefficient (Wildman–Crippen LogP) is 11.4. The minimum Gasteiger partial charge on any atom is -0.304 e. The molecule has 358 valence electrons. The highest BCUT2D eigenvalue weighted by Crippen LogP contribution is 2.45. The molecule has 0 spiro atoms. The van der Waals surface area contributed by atoms with Crippen LogP contribution in [-0.2, 0) is 17.3 Å². The van der Waals surface area contributed by atoms with E-state index in [0.29, 0.717) is 29.3 Å². The quantitative estimate of drug-likeness (QED) is 0.122. The Morgan fingerprint density at radius 3 is 2.01 bits per heavy atom. The molecule has 1 saturated carbocycles. The first-order chi connectivity index (χ1) is 34.0. The highest BCUT2D eigenvalue weighted by Gasteiger charge is 2.30. The molecule has 0 saturated heterocycles. The molecule has 1 fully saturated rings. The van der Waals surface area contributed by atoms with Gasteiger partial charge in [0.15, 0.2) is 16.9 Å². The third kappa shape index (κ3) is 8.46. The van der Waals surface area contributed by atoms with Crippen LogP contribution in [-0.4, -0.2) is 43.1 Å². The third-order valence-corrected chi connectivity index (χ3v) is 15.1. The Balaban J connectivity index is 0.862. The molecule has 1 aromatic carbocycles. The van der Waals surface area contributed by atoms with Crippen molar-refractivity contribution >= 4 is 49.7 Å². The van der Waals surface area contributed by atoms with Crippen LogP contribution in [0, 0.1) is 5.92 Å². The van der Waals surface area contributed by atoms with Crippen LogP contribution in [0.4, 0.5) is 0 Å². The third-order valence-electron chi connectivity index (χ3n) is 15.1. The first-order valence-corrected chi connectivity index (χ1v) is 25.1. The lowest BCUT2D eigenvalue weighted by Gasteiger charge is -2.26. The summed E-state index contributed by atoms with van der Waals surface area (Å²) >= 11 is 0. The average Bonchev–Trinajstić information content (AvgIpc) is 3.85. The van der Waals surface area contributed by atoms with Crippen molar-refractivity contribution in [2.45, 2.75) is 122 Å². The minimum atomic E-state index is -0.267. The average molecular weight is 942 g/mol. The molecule has 1 aliphatic rings. The molecule has 3 atom stereocenters. The summed E-state index contributed by atoms with van der Waals surface area (Å²) in [4.78, 5) is 67.6. The molecule has 12 heteroatoms. The summed E-state index contributed by atoms with van der Waals surface area (Å²) in [5.74, 6) is 0.874. The fraction of sp³-hybridized carbons (Fsp3) is 0.339. The lowest BCUT2D eigenvalue weighted by Crippen LogP contribution is -2.21. The van der Waals surface area contributed by atoms with Crippen molar-refractivity contribution in [2.24, 2.45) is 5.92 Å². The zero-order valence-electron chi connectivity index (χ0n) is 41.8.